The lowest BCUT2D eigenvalue weighted by Crippen LogP contribution is -2.06. The predicted molar refractivity (Wildman–Crippen MR) is 75.1 cm³/mol. The van der Waals surface area contributed by atoms with Crippen LogP contribution in [0.25, 0.3) is 0 Å². The Morgan fingerprint density at radius 3 is 2.15 bits per heavy atom. The van der Waals surface area contributed by atoms with Crippen LogP contribution in [0.4, 0.5) is 0 Å². The van der Waals surface area contributed by atoms with Gasteiger partial charge in [-0.2, -0.15) is 0 Å². The van der Waals surface area contributed by atoms with Crippen molar-refractivity contribution in [1.29, 1.82) is 0 Å². The molecule has 0 bridgehead atoms. The first-order valence-corrected chi connectivity index (χ1v) is 7.63. The van der Waals surface area contributed by atoms with Gasteiger partial charge >= 0.3 is 5.97 Å². The maximum Gasteiger partial charge on any atom is 0.337 e. The fourth-order valence-corrected chi connectivity index (χ4v) is 3.16. The first-order valence-electron chi connectivity index (χ1n) is 5.98. The fourth-order valence-electron chi connectivity index (χ4n) is 1.79. The summed E-state index contributed by atoms with van der Waals surface area (Å²) >= 11 is 0. The SMILES string of the molecule is COC(=O)c1ccc(CS(=O)(=O)c2ccccc2)cc1. The Morgan fingerprint density at radius 1 is 1.00 bits per heavy atom. The summed E-state index contributed by atoms with van der Waals surface area (Å²) in [6.45, 7) is 0. The molecule has 20 heavy (non-hydrogen) atoms. The van der Waals surface area contributed by atoms with E-state index in [1.807, 2.05) is 0 Å². The van der Waals surface area contributed by atoms with Gasteiger partial charge in [-0.1, -0.05) is 30.3 Å². The van der Waals surface area contributed by atoms with Gasteiger partial charge in [-0.25, -0.2) is 13.2 Å². The zero-order valence-corrected chi connectivity index (χ0v) is 11.8. The number of hydrogen-bond acceptors (Lipinski definition) is 4. The molecule has 0 atom stereocenters. The highest BCUT2D eigenvalue weighted by Crippen LogP contribution is 2.16. The third kappa shape index (κ3) is 3.24. The molecule has 0 aliphatic rings. The number of sulfone groups is 1. The molecule has 5 heteroatoms. The van der Waals surface area contributed by atoms with Crippen molar-refractivity contribution in [3.05, 3.63) is 65.7 Å². The summed E-state index contributed by atoms with van der Waals surface area (Å²) in [7, 11) is -2.07. The summed E-state index contributed by atoms with van der Waals surface area (Å²) in [6, 6.07) is 14.6. The van der Waals surface area contributed by atoms with Gasteiger partial charge in [0.1, 0.15) is 0 Å². The van der Waals surface area contributed by atoms with E-state index in [2.05, 4.69) is 4.74 Å². The van der Waals surface area contributed by atoms with Crippen molar-refractivity contribution in [1.82, 2.24) is 0 Å². The average molecular weight is 290 g/mol. The molecule has 0 aliphatic heterocycles. The van der Waals surface area contributed by atoms with Crippen LogP contribution >= 0.6 is 0 Å². The van der Waals surface area contributed by atoms with E-state index in [0.29, 0.717) is 11.1 Å². The molecule has 2 aromatic carbocycles. The van der Waals surface area contributed by atoms with Gasteiger partial charge in [0, 0.05) is 0 Å². The van der Waals surface area contributed by atoms with Crippen molar-refractivity contribution in [2.45, 2.75) is 10.6 Å². The molecule has 2 rings (SSSR count). The Labute approximate surface area is 117 Å². The van der Waals surface area contributed by atoms with Crippen LogP contribution in [0.2, 0.25) is 0 Å². The maximum atomic E-state index is 12.2. The van der Waals surface area contributed by atoms with Gasteiger partial charge in [0.15, 0.2) is 9.84 Å². The quantitative estimate of drug-likeness (QED) is 0.811. The topological polar surface area (TPSA) is 60.4 Å². The van der Waals surface area contributed by atoms with E-state index in [9.17, 15) is 13.2 Å². The van der Waals surface area contributed by atoms with Crippen LogP contribution in [0, 0.1) is 0 Å². The van der Waals surface area contributed by atoms with Gasteiger partial charge in [-0.15, -0.1) is 0 Å². The molecule has 0 aliphatic carbocycles. The average Bonchev–Trinajstić information content (AvgIpc) is 2.48. The van der Waals surface area contributed by atoms with Gasteiger partial charge in [-0.05, 0) is 29.8 Å². The zero-order valence-electron chi connectivity index (χ0n) is 10.9. The molecule has 104 valence electrons. The molecule has 0 spiro atoms. The Bertz CT molecular complexity index is 688. The number of esters is 1. The fraction of sp³-hybridized carbons (Fsp3) is 0.133. The van der Waals surface area contributed by atoms with Crippen molar-refractivity contribution in [2.75, 3.05) is 7.11 Å². The number of carbonyl (C=O) groups is 1. The van der Waals surface area contributed by atoms with E-state index in [4.69, 9.17) is 0 Å². The van der Waals surface area contributed by atoms with Gasteiger partial charge in [0.2, 0.25) is 0 Å². The highest BCUT2D eigenvalue weighted by molar-refractivity contribution is 7.90. The number of rotatable bonds is 4. The lowest BCUT2D eigenvalue weighted by atomic mass is 10.1. The second kappa shape index (κ2) is 5.88. The van der Waals surface area contributed by atoms with Crippen molar-refractivity contribution in [3.8, 4) is 0 Å². The Morgan fingerprint density at radius 2 is 1.60 bits per heavy atom. The van der Waals surface area contributed by atoms with E-state index in [0.717, 1.165) is 0 Å². The van der Waals surface area contributed by atoms with E-state index >= 15 is 0 Å². The molecule has 0 N–H and O–H groups in total. The van der Waals surface area contributed by atoms with Gasteiger partial charge in [-0.3, -0.25) is 0 Å². The molecule has 4 nitrogen and oxygen atoms in total. The highest BCUT2D eigenvalue weighted by atomic mass is 32.2. The Kier molecular flexibility index (Phi) is 4.20. The number of carbonyl (C=O) groups excluding carboxylic acids is 1. The summed E-state index contributed by atoms with van der Waals surface area (Å²) in [6.07, 6.45) is 0. The number of hydrogen-bond donors (Lipinski definition) is 0. The minimum absolute atomic E-state index is 0.0987. The Balaban J connectivity index is 2.20. The van der Waals surface area contributed by atoms with E-state index in [1.54, 1.807) is 54.6 Å². The third-order valence-corrected chi connectivity index (χ3v) is 4.54. The van der Waals surface area contributed by atoms with Crippen molar-refractivity contribution >= 4 is 15.8 Å². The van der Waals surface area contributed by atoms with E-state index in [-0.39, 0.29) is 10.6 Å². The van der Waals surface area contributed by atoms with Crippen molar-refractivity contribution in [3.63, 3.8) is 0 Å². The maximum absolute atomic E-state index is 12.2. The van der Waals surface area contributed by atoms with Gasteiger partial charge in [0.05, 0.1) is 23.3 Å². The summed E-state index contributed by atoms with van der Waals surface area (Å²) in [5.74, 6) is -0.541. The third-order valence-electron chi connectivity index (χ3n) is 2.83. The van der Waals surface area contributed by atoms with E-state index in [1.165, 1.54) is 7.11 Å². The highest BCUT2D eigenvalue weighted by Gasteiger charge is 2.15. The Hall–Kier alpha value is -2.14. The number of benzene rings is 2. The molecule has 0 fully saturated rings. The minimum atomic E-state index is -3.37. The molecule has 2 aromatic rings. The second-order valence-corrected chi connectivity index (χ2v) is 6.25. The van der Waals surface area contributed by atoms with Crippen LogP contribution in [0.5, 0.6) is 0 Å². The standard InChI is InChI=1S/C15H14O4S/c1-19-15(16)13-9-7-12(8-10-13)11-20(17,18)14-5-3-2-4-6-14/h2-10H,11H2,1H3. The predicted octanol–water partition coefficient (Wildman–Crippen LogP) is 2.45. The van der Waals surface area contributed by atoms with Crippen LogP contribution in [-0.2, 0) is 20.3 Å². The van der Waals surface area contributed by atoms with Crippen LogP contribution in [0.1, 0.15) is 15.9 Å². The minimum Gasteiger partial charge on any atom is -0.465 e. The first-order chi connectivity index (χ1) is 9.53. The number of methoxy groups -OCH3 is 1. The summed E-state index contributed by atoms with van der Waals surface area (Å²) in [4.78, 5) is 11.6. The largest absolute Gasteiger partial charge is 0.465 e. The molecule has 0 amide bonds. The second-order valence-electron chi connectivity index (χ2n) is 4.26. The molecular weight excluding hydrogens is 276 g/mol. The van der Waals surface area contributed by atoms with Crippen molar-refractivity contribution < 1.29 is 17.9 Å². The van der Waals surface area contributed by atoms with E-state index < -0.39 is 15.8 Å². The van der Waals surface area contributed by atoms with Crippen LogP contribution in [0.3, 0.4) is 0 Å². The summed E-state index contributed by atoms with van der Waals surface area (Å²) < 4.78 is 29.0. The summed E-state index contributed by atoms with van der Waals surface area (Å²) in [5, 5.41) is 0. The normalized spacial score (nSPS) is 11.1. The van der Waals surface area contributed by atoms with Crippen LogP contribution in [0.15, 0.2) is 59.5 Å². The monoisotopic (exact) mass is 290 g/mol. The molecular formula is C15H14O4S. The molecule has 0 radical (unpaired) electrons. The smallest absolute Gasteiger partial charge is 0.337 e. The molecule has 0 saturated carbocycles. The summed E-state index contributed by atoms with van der Waals surface area (Å²) in [5.41, 5.74) is 1.02. The lowest BCUT2D eigenvalue weighted by Gasteiger charge is -2.05. The molecule has 0 unspecified atom stereocenters. The molecule has 0 heterocycles. The zero-order chi connectivity index (χ0) is 14.6. The van der Waals surface area contributed by atoms with Gasteiger partial charge in [0.25, 0.3) is 0 Å². The van der Waals surface area contributed by atoms with Crippen molar-refractivity contribution in [2.24, 2.45) is 0 Å². The number of ether oxygens (including phenoxy) is 1. The van der Waals surface area contributed by atoms with Crippen LogP contribution in [-0.4, -0.2) is 21.5 Å². The lowest BCUT2D eigenvalue weighted by molar-refractivity contribution is 0.0600. The van der Waals surface area contributed by atoms with Gasteiger partial charge < -0.3 is 4.74 Å². The molecule has 0 saturated heterocycles. The molecule has 0 aromatic heterocycles. The first kappa shape index (κ1) is 14.3. The van der Waals surface area contributed by atoms with Crippen LogP contribution < -0.4 is 0 Å².